The van der Waals surface area contributed by atoms with E-state index in [1.54, 1.807) is 12.1 Å². The molecule has 1 aliphatic carbocycles. The fourth-order valence-electron chi connectivity index (χ4n) is 1.40. The van der Waals surface area contributed by atoms with E-state index >= 15 is 0 Å². The summed E-state index contributed by atoms with van der Waals surface area (Å²) in [4.78, 5) is 11.3. The highest BCUT2D eigenvalue weighted by atomic mass is 16.5. The standard InChI is InChI=1S/C12H17N3O2/c13-10-3-1-2-4-11(10)17-8-7-14-12(16)15-9-5-6-9/h1-4,9H,5-8,13H2,(H2,14,15,16). The van der Waals surface area contributed by atoms with Crippen molar-refractivity contribution >= 4 is 11.7 Å². The van der Waals surface area contributed by atoms with Crippen LogP contribution in [0.2, 0.25) is 0 Å². The van der Waals surface area contributed by atoms with Gasteiger partial charge in [-0.05, 0) is 25.0 Å². The zero-order chi connectivity index (χ0) is 12.1. The SMILES string of the molecule is Nc1ccccc1OCCNC(=O)NC1CC1. The molecule has 0 bridgehead atoms. The Bertz CT molecular complexity index is 391. The number of amides is 2. The van der Waals surface area contributed by atoms with Crippen molar-refractivity contribution in [2.75, 3.05) is 18.9 Å². The van der Waals surface area contributed by atoms with E-state index in [2.05, 4.69) is 10.6 Å². The van der Waals surface area contributed by atoms with E-state index in [1.807, 2.05) is 12.1 Å². The van der Waals surface area contributed by atoms with E-state index < -0.39 is 0 Å². The molecular formula is C12H17N3O2. The zero-order valence-electron chi connectivity index (χ0n) is 9.61. The molecule has 17 heavy (non-hydrogen) atoms. The Morgan fingerprint density at radius 2 is 2.18 bits per heavy atom. The van der Waals surface area contributed by atoms with Gasteiger partial charge in [0.15, 0.2) is 0 Å². The van der Waals surface area contributed by atoms with Crippen LogP contribution in [0.5, 0.6) is 5.75 Å². The number of hydrogen-bond donors (Lipinski definition) is 3. The minimum Gasteiger partial charge on any atom is -0.490 e. The molecule has 2 rings (SSSR count). The Balaban J connectivity index is 1.62. The number of carbonyl (C=O) groups is 1. The van der Waals surface area contributed by atoms with Gasteiger partial charge in [0.2, 0.25) is 0 Å². The highest BCUT2D eigenvalue weighted by Gasteiger charge is 2.22. The van der Waals surface area contributed by atoms with Gasteiger partial charge in [-0.1, -0.05) is 12.1 Å². The van der Waals surface area contributed by atoms with Gasteiger partial charge in [0.25, 0.3) is 0 Å². The minimum atomic E-state index is -0.128. The molecule has 1 saturated carbocycles. The summed E-state index contributed by atoms with van der Waals surface area (Å²) in [5, 5.41) is 5.56. The smallest absolute Gasteiger partial charge is 0.315 e. The second kappa shape index (κ2) is 5.43. The maximum absolute atomic E-state index is 11.3. The average molecular weight is 235 g/mol. The van der Waals surface area contributed by atoms with Gasteiger partial charge in [-0.15, -0.1) is 0 Å². The fourth-order valence-corrected chi connectivity index (χ4v) is 1.40. The van der Waals surface area contributed by atoms with Crippen molar-refractivity contribution < 1.29 is 9.53 Å². The molecule has 0 atom stereocenters. The normalized spacial score (nSPS) is 14.1. The van der Waals surface area contributed by atoms with E-state index in [0.29, 0.717) is 30.6 Å². The third-order valence-corrected chi connectivity index (χ3v) is 2.48. The van der Waals surface area contributed by atoms with Crippen LogP contribution in [0.3, 0.4) is 0 Å². The number of rotatable bonds is 5. The lowest BCUT2D eigenvalue weighted by Gasteiger charge is -2.09. The number of ether oxygens (including phenoxy) is 1. The summed E-state index contributed by atoms with van der Waals surface area (Å²) in [7, 11) is 0. The maximum atomic E-state index is 11.3. The van der Waals surface area contributed by atoms with E-state index in [0.717, 1.165) is 12.8 Å². The van der Waals surface area contributed by atoms with E-state index in [-0.39, 0.29) is 6.03 Å². The Kier molecular flexibility index (Phi) is 3.69. The van der Waals surface area contributed by atoms with Crippen LogP contribution in [-0.4, -0.2) is 25.2 Å². The van der Waals surface area contributed by atoms with Gasteiger partial charge >= 0.3 is 6.03 Å². The summed E-state index contributed by atoms with van der Waals surface area (Å²) in [6, 6.07) is 7.54. The van der Waals surface area contributed by atoms with Crippen LogP contribution >= 0.6 is 0 Å². The molecule has 1 aromatic rings. The van der Waals surface area contributed by atoms with Crippen LogP contribution in [-0.2, 0) is 0 Å². The van der Waals surface area contributed by atoms with E-state index in [1.165, 1.54) is 0 Å². The summed E-state index contributed by atoms with van der Waals surface area (Å²) in [6.45, 7) is 0.874. The lowest BCUT2D eigenvalue weighted by atomic mass is 10.3. The molecule has 0 heterocycles. The lowest BCUT2D eigenvalue weighted by Crippen LogP contribution is -2.38. The quantitative estimate of drug-likeness (QED) is 0.528. The average Bonchev–Trinajstić information content (AvgIpc) is 3.10. The van der Waals surface area contributed by atoms with Crippen molar-refractivity contribution in [3.63, 3.8) is 0 Å². The fraction of sp³-hybridized carbons (Fsp3) is 0.417. The van der Waals surface area contributed by atoms with Crippen LogP contribution < -0.4 is 21.1 Å². The molecule has 0 aliphatic heterocycles. The molecule has 92 valence electrons. The Morgan fingerprint density at radius 1 is 1.41 bits per heavy atom. The van der Waals surface area contributed by atoms with E-state index in [4.69, 9.17) is 10.5 Å². The molecule has 1 aromatic carbocycles. The zero-order valence-corrected chi connectivity index (χ0v) is 9.61. The Morgan fingerprint density at radius 3 is 2.88 bits per heavy atom. The van der Waals surface area contributed by atoms with Crippen LogP contribution in [0.4, 0.5) is 10.5 Å². The summed E-state index contributed by atoms with van der Waals surface area (Å²) >= 11 is 0. The van der Waals surface area contributed by atoms with Gasteiger partial charge in [-0.25, -0.2) is 4.79 Å². The van der Waals surface area contributed by atoms with Gasteiger partial charge in [-0.2, -0.15) is 0 Å². The number of nitrogen functional groups attached to an aromatic ring is 1. The summed E-state index contributed by atoms with van der Waals surface area (Å²) in [5.41, 5.74) is 6.32. The number of urea groups is 1. The maximum Gasteiger partial charge on any atom is 0.315 e. The third-order valence-electron chi connectivity index (χ3n) is 2.48. The van der Waals surface area contributed by atoms with Gasteiger partial charge < -0.3 is 21.1 Å². The molecule has 0 spiro atoms. The highest BCUT2D eigenvalue weighted by molar-refractivity contribution is 5.74. The first kappa shape index (κ1) is 11.6. The minimum absolute atomic E-state index is 0.128. The Hall–Kier alpha value is -1.91. The van der Waals surface area contributed by atoms with Gasteiger partial charge in [-0.3, -0.25) is 0 Å². The number of nitrogens with one attached hydrogen (secondary N) is 2. The van der Waals surface area contributed by atoms with Crippen molar-refractivity contribution in [2.45, 2.75) is 18.9 Å². The second-order valence-electron chi connectivity index (χ2n) is 4.06. The number of benzene rings is 1. The molecule has 1 aliphatic rings. The third kappa shape index (κ3) is 3.86. The molecule has 2 amide bonds. The molecule has 0 saturated heterocycles. The number of anilines is 1. The summed E-state index contributed by atoms with van der Waals surface area (Å²) in [5.74, 6) is 0.650. The van der Waals surface area contributed by atoms with Crippen LogP contribution in [0, 0.1) is 0 Å². The molecular weight excluding hydrogens is 218 g/mol. The van der Waals surface area contributed by atoms with Gasteiger partial charge in [0.1, 0.15) is 12.4 Å². The van der Waals surface area contributed by atoms with Crippen LogP contribution in [0.1, 0.15) is 12.8 Å². The predicted octanol–water partition coefficient (Wildman–Crippen LogP) is 1.11. The van der Waals surface area contributed by atoms with Crippen LogP contribution in [0.25, 0.3) is 0 Å². The molecule has 5 nitrogen and oxygen atoms in total. The number of carbonyl (C=O) groups excluding carboxylic acids is 1. The molecule has 0 aromatic heterocycles. The van der Waals surface area contributed by atoms with Crippen LogP contribution in [0.15, 0.2) is 24.3 Å². The van der Waals surface area contributed by atoms with Gasteiger partial charge in [0, 0.05) is 6.04 Å². The topological polar surface area (TPSA) is 76.4 Å². The summed E-state index contributed by atoms with van der Waals surface area (Å²) < 4.78 is 5.44. The summed E-state index contributed by atoms with van der Waals surface area (Å²) in [6.07, 6.45) is 2.18. The van der Waals surface area contributed by atoms with Crippen molar-refractivity contribution in [2.24, 2.45) is 0 Å². The predicted molar refractivity (Wildman–Crippen MR) is 65.9 cm³/mol. The van der Waals surface area contributed by atoms with Crippen molar-refractivity contribution in [1.29, 1.82) is 0 Å². The number of nitrogens with two attached hydrogens (primary N) is 1. The molecule has 1 fully saturated rings. The first-order chi connectivity index (χ1) is 8.25. The van der Waals surface area contributed by atoms with Gasteiger partial charge in [0.05, 0.1) is 12.2 Å². The lowest BCUT2D eigenvalue weighted by molar-refractivity contribution is 0.236. The van der Waals surface area contributed by atoms with Crippen molar-refractivity contribution in [3.05, 3.63) is 24.3 Å². The molecule has 0 radical (unpaired) electrons. The largest absolute Gasteiger partial charge is 0.490 e. The van der Waals surface area contributed by atoms with E-state index in [9.17, 15) is 4.79 Å². The first-order valence-electron chi connectivity index (χ1n) is 5.77. The highest BCUT2D eigenvalue weighted by Crippen LogP contribution is 2.19. The number of hydrogen-bond acceptors (Lipinski definition) is 3. The molecule has 5 heteroatoms. The monoisotopic (exact) mass is 235 g/mol. The number of para-hydroxylation sites is 2. The van der Waals surface area contributed by atoms with Crippen molar-refractivity contribution in [3.8, 4) is 5.75 Å². The molecule has 4 N–H and O–H groups in total. The second-order valence-corrected chi connectivity index (χ2v) is 4.06. The van der Waals surface area contributed by atoms with Crippen molar-refractivity contribution in [1.82, 2.24) is 10.6 Å². The molecule has 0 unspecified atom stereocenters. The Labute approximate surface area is 100 Å². The first-order valence-corrected chi connectivity index (χ1v) is 5.77.